The molecule has 0 bridgehead atoms. The van der Waals surface area contributed by atoms with E-state index in [0.29, 0.717) is 0 Å². The number of hydrogen-bond donors (Lipinski definition) is 1. The van der Waals surface area contributed by atoms with Crippen molar-refractivity contribution in [3.8, 4) is 0 Å². The van der Waals surface area contributed by atoms with E-state index in [1.807, 2.05) is 13.8 Å². The van der Waals surface area contributed by atoms with Crippen molar-refractivity contribution >= 4 is 0 Å². The molecule has 0 aromatic carbocycles. The van der Waals surface area contributed by atoms with Gasteiger partial charge in [0.05, 0.1) is 6.10 Å². The molecule has 0 amide bonds. The van der Waals surface area contributed by atoms with Gasteiger partial charge >= 0.3 is 0 Å². The standard InChI is InChI=1S/C19H12O/c1-4-5-6-7-8-9-10-11-12-13-14-15-16-17-19(20)18(2)3/h17-20H,1H2,2-3H3/t19-/m0/s1. The Bertz CT molecular complexity index is 817. The number of aliphatic hydroxyl groups excluding tert-OH is 1. The van der Waals surface area contributed by atoms with Gasteiger partial charge in [0.2, 0.25) is 0 Å². The third-order valence-corrected chi connectivity index (χ3v) is 1.72. The van der Waals surface area contributed by atoms with Crippen LogP contribution >= 0.6 is 0 Å². The fourth-order valence-electron chi connectivity index (χ4n) is 0.681. The summed E-state index contributed by atoms with van der Waals surface area (Å²) in [5.74, 6) is 0.141. The molecular weight excluding hydrogens is 244 g/mol. The van der Waals surface area contributed by atoms with Crippen LogP contribution in [0, 0.1) is 5.92 Å². The number of aliphatic hydroxyl groups is 1. The zero-order chi connectivity index (χ0) is 15.1. The minimum absolute atomic E-state index is 0.141. The Kier molecular flexibility index (Phi) is 10.4. The zero-order valence-corrected chi connectivity index (χ0v) is 11.4. The molecule has 1 heteroatoms. The quantitative estimate of drug-likeness (QED) is 0.752. The lowest BCUT2D eigenvalue weighted by molar-refractivity contribution is 0.172. The maximum atomic E-state index is 9.42. The molecule has 0 aromatic heterocycles. The Hall–Kier alpha value is -3.16. The van der Waals surface area contributed by atoms with Gasteiger partial charge in [-0.2, -0.15) is 0 Å². The van der Waals surface area contributed by atoms with Crippen LogP contribution in [0.15, 0.2) is 87.2 Å². The van der Waals surface area contributed by atoms with Gasteiger partial charge in [0, 0.05) is 0 Å². The summed E-state index contributed by atoms with van der Waals surface area (Å²) >= 11 is 0. The molecule has 0 radical (unpaired) electrons. The van der Waals surface area contributed by atoms with E-state index in [4.69, 9.17) is 0 Å². The van der Waals surface area contributed by atoms with Gasteiger partial charge in [-0.3, -0.25) is 0 Å². The van der Waals surface area contributed by atoms with E-state index in [-0.39, 0.29) is 5.92 Å². The zero-order valence-electron chi connectivity index (χ0n) is 11.4. The van der Waals surface area contributed by atoms with Gasteiger partial charge in [-0.25, -0.2) is 0 Å². The van der Waals surface area contributed by atoms with Crippen molar-refractivity contribution in [3.63, 3.8) is 0 Å². The predicted molar refractivity (Wildman–Crippen MR) is 76.7 cm³/mol. The molecule has 0 fully saturated rings. The van der Waals surface area contributed by atoms with Gasteiger partial charge in [-0.05, 0) is 81.6 Å². The second-order valence-electron chi connectivity index (χ2n) is 3.60. The Morgan fingerprint density at radius 3 is 1.55 bits per heavy atom. The van der Waals surface area contributed by atoms with E-state index in [0.717, 1.165) is 0 Å². The van der Waals surface area contributed by atoms with Crippen LogP contribution < -0.4 is 0 Å². The fraction of sp³-hybridized carbons (Fsp3) is 0.211. The van der Waals surface area contributed by atoms with Crippen molar-refractivity contribution in [2.45, 2.75) is 20.0 Å². The van der Waals surface area contributed by atoms with Crippen LogP contribution in [0.2, 0.25) is 0 Å². The normalized spacial score (nSPS) is 7.60. The largest absolute Gasteiger partial charge is 0.388 e. The van der Waals surface area contributed by atoms with E-state index < -0.39 is 6.10 Å². The Morgan fingerprint density at radius 2 is 1.15 bits per heavy atom. The molecule has 0 aliphatic rings. The van der Waals surface area contributed by atoms with Crippen LogP contribution in [0.1, 0.15) is 13.8 Å². The predicted octanol–water partition coefficient (Wildman–Crippen LogP) is 3.21. The van der Waals surface area contributed by atoms with Crippen molar-refractivity contribution in [3.05, 3.63) is 87.2 Å². The summed E-state index contributed by atoms with van der Waals surface area (Å²) in [5, 5.41) is 9.42. The van der Waals surface area contributed by atoms with Gasteiger partial charge in [0.25, 0.3) is 0 Å². The molecule has 1 atom stereocenters. The van der Waals surface area contributed by atoms with Crippen LogP contribution in [-0.4, -0.2) is 11.2 Å². The first-order valence-electron chi connectivity index (χ1n) is 5.72. The second-order valence-corrected chi connectivity index (χ2v) is 3.60. The fourth-order valence-corrected chi connectivity index (χ4v) is 0.681. The third-order valence-electron chi connectivity index (χ3n) is 1.72. The molecule has 0 spiro atoms. The summed E-state index contributed by atoms with van der Waals surface area (Å²) in [7, 11) is 0. The first-order valence-corrected chi connectivity index (χ1v) is 5.72. The van der Waals surface area contributed by atoms with Crippen LogP contribution in [0.3, 0.4) is 0 Å². The molecule has 20 heavy (non-hydrogen) atoms. The summed E-state index contributed by atoms with van der Waals surface area (Å²) in [6.45, 7) is 7.11. The smallest absolute Gasteiger partial charge is 0.0823 e. The Labute approximate surface area is 118 Å². The van der Waals surface area contributed by atoms with Gasteiger partial charge in [-0.1, -0.05) is 25.3 Å². The molecule has 0 saturated carbocycles. The van der Waals surface area contributed by atoms with Crippen molar-refractivity contribution in [2.24, 2.45) is 5.92 Å². The Balaban J connectivity index is 5.38. The summed E-state index contributed by atoms with van der Waals surface area (Å²) in [4.78, 5) is 0. The van der Waals surface area contributed by atoms with Crippen molar-refractivity contribution < 1.29 is 5.11 Å². The van der Waals surface area contributed by atoms with Gasteiger partial charge in [-0.15, -0.1) is 0 Å². The number of hydrogen-bond acceptors (Lipinski definition) is 1. The summed E-state index contributed by atoms with van der Waals surface area (Å²) < 4.78 is 0. The monoisotopic (exact) mass is 256 g/mol. The highest BCUT2D eigenvalue weighted by molar-refractivity contribution is 4.94. The van der Waals surface area contributed by atoms with E-state index in [2.05, 4.69) is 81.1 Å². The van der Waals surface area contributed by atoms with Crippen LogP contribution in [0.25, 0.3) is 0 Å². The minimum atomic E-state index is -0.540. The van der Waals surface area contributed by atoms with Gasteiger partial charge in [0.15, 0.2) is 0 Å². The maximum Gasteiger partial charge on any atom is 0.0823 e. The molecule has 94 valence electrons. The first kappa shape index (κ1) is 16.8. The molecule has 0 aliphatic carbocycles. The lowest BCUT2D eigenvalue weighted by atomic mass is 10.1. The highest BCUT2D eigenvalue weighted by atomic mass is 16.3. The van der Waals surface area contributed by atoms with Crippen molar-refractivity contribution in [2.75, 3.05) is 0 Å². The molecule has 0 saturated heterocycles. The summed E-state index contributed by atoms with van der Waals surface area (Å²) in [5.41, 5.74) is 32.5. The minimum Gasteiger partial charge on any atom is -0.388 e. The maximum absolute atomic E-state index is 9.42. The van der Waals surface area contributed by atoms with E-state index in [1.165, 1.54) is 6.08 Å². The van der Waals surface area contributed by atoms with Crippen molar-refractivity contribution in [1.82, 2.24) is 0 Å². The second kappa shape index (κ2) is 12.3. The molecule has 0 unspecified atom stereocenters. The SMILES string of the molecule is C=C=C=C=C=C=C=C=C=C=C=C=C=C=C[C@H](O)C(C)C. The topological polar surface area (TPSA) is 20.2 Å². The molecule has 0 aliphatic heterocycles. The van der Waals surface area contributed by atoms with Gasteiger partial charge in [0.1, 0.15) is 0 Å². The lowest BCUT2D eigenvalue weighted by Gasteiger charge is -2.05. The average molecular weight is 256 g/mol. The molecular formula is C19H12O. The Morgan fingerprint density at radius 1 is 0.750 bits per heavy atom. The molecule has 0 heterocycles. The van der Waals surface area contributed by atoms with E-state index in [9.17, 15) is 5.11 Å². The summed E-state index contributed by atoms with van der Waals surface area (Å²) in [6.07, 6.45) is 0.964. The van der Waals surface area contributed by atoms with Gasteiger partial charge < -0.3 is 5.11 Å². The number of rotatable bonds is 2. The van der Waals surface area contributed by atoms with Crippen LogP contribution in [-0.2, 0) is 0 Å². The van der Waals surface area contributed by atoms with E-state index in [1.54, 1.807) is 0 Å². The summed E-state index contributed by atoms with van der Waals surface area (Å²) in [6, 6.07) is 0. The van der Waals surface area contributed by atoms with Crippen LogP contribution in [0.5, 0.6) is 0 Å². The molecule has 0 aromatic rings. The highest BCUT2D eigenvalue weighted by Gasteiger charge is 2.02. The molecule has 1 nitrogen and oxygen atoms in total. The molecule has 1 N–H and O–H groups in total. The highest BCUT2D eigenvalue weighted by Crippen LogP contribution is 2.00. The van der Waals surface area contributed by atoms with E-state index >= 15 is 0 Å². The lowest BCUT2D eigenvalue weighted by Crippen LogP contribution is -2.09. The average Bonchev–Trinajstić information content (AvgIpc) is 2.43. The molecule has 0 rings (SSSR count). The van der Waals surface area contributed by atoms with Crippen molar-refractivity contribution in [1.29, 1.82) is 0 Å². The first-order chi connectivity index (χ1) is 9.68. The van der Waals surface area contributed by atoms with Crippen LogP contribution in [0.4, 0.5) is 0 Å². The third kappa shape index (κ3) is 11.3.